The van der Waals surface area contributed by atoms with Gasteiger partial charge < -0.3 is 4.74 Å². The summed E-state index contributed by atoms with van der Waals surface area (Å²) in [6.45, 7) is 2.08. The zero-order chi connectivity index (χ0) is 9.68. The molecule has 2 nitrogen and oxygen atoms in total. The number of hydrogen-bond donors (Lipinski definition) is 0. The standard InChI is InChI=1S/C10H14O2S/c1-3-4-5-8(11)10-9(12-2)6-7-13-10/h6-7H,3-5H2,1-2H3. The van der Waals surface area contributed by atoms with Gasteiger partial charge >= 0.3 is 0 Å². The summed E-state index contributed by atoms with van der Waals surface area (Å²) in [5, 5.41) is 1.89. The van der Waals surface area contributed by atoms with E-state index in [0.717, 1.165) is 17.7 Å². The second kappa shape index (κ2) is 5.02. The molecule has 0 saturated carbocycles. The molecule has 0 aliphatic rings. The molecule has 1 heterocycles. The Kier molecular flexibility index (Phi) is 3.96. The van der Waals surface area contributed by atoms with Crippen LogP contribution in [0, 0.1) is 0 Å². The lowest BCUT2D eigenvalue weighted by atomic mass is 10.1. The minimum atomic E-state index is 0.203. The van der Waals surface area contributed by atoms with Crippen LogP contribution in [0.5, 0.6) is 5.75 Å². The van der Waals surface area contributed by atoms with Crippen LogP contribution in [0.4, 0.5) is 0 Å². The first kappa shape index (κ1) is 10.3. The monoisotopic (exact) mass is 198 g/mol. The lowest BCUT2D eigenvalue weighted by Crippen LogP contribution is -1.97. The van der Waals surface area contributed by atoms with Crippen LogP contribution in [0.3, 0.4) is 0 Å². The number of carbonyl (C=O) groups excluding carboxylic acids is 1. The minimum Gasteiger partial charge on any atom is -0.495 e. The first-order valence-corrected chi connectivity index (χ1v) is 5.32. The van der Waals surface area contributed by atoms with Gasteiger partial charge in [-0.25, -0.2) is 0 Å². The van der Waals surface area contributed by atoms with E-state index in [4.69, 9.17) is 4.74 Å². The molecule has 0 spiro atoms. The van der Waals surface area contributed by atoms with Crippen LogP contribution in [0.25, 0.3) is 0 Å². The van der Waals surface area contributed by atoms with Crippen molar-refractivity contribution in [2.24, 2.45) is 0 Å². The van der Waals surface area contributed by atoms with Gasteiger partial charge in [-0.2, -0.15) is 0 Å². The van der Waals surface area contributed by atoms with Crippen molar-refractivity contribution in [3.63, 3.8) is 0 Å². The Bertz CT molecular complexity index is 278. The van der Waals surface area contributed by atoms with Crippen LogP contribution < -0.4 is 4.74 Å². The number of carbonyl (C=O) groups is 1. The number of methoxy groups -OCH3 is 1. The second-order valence-electron chi connectivity index (χ2n) is 2.84. The average molecular weight is 198 g/mol. The zero-order valence-electron chi connectivity index (χ0n) is 8.00. The SMILES string of the molecule is CCCCC(=O)c1sccc1OC. The average Bonchev–Trinajstić information content (AvgIpc) is 2.61. The van der Waals surface area contributed by atoms with Crippen molar-refractivity contribution < 1.29 is 9.53 Å². The Morgan fingerprint density at radius 1 is 1.62 bits per heavy atom. The number of ether oxygens (including phenoxy) is 1. The summed E-state index contributed by atoms with van der Waals surface area (Å²) < 4.78 is 5.08. The maximum atomic E-state index is 11.6. The molecule has 3 heteroatoms. The van der Waals surface area contributed by atoms with Gasteiger partial charge in [-0.3, -0.25) is 4.79 Å². The molecule has 13 heavy (non-hydrogen) atoms. The summed E-state index contributed by atoms with van der Waals surface area (Å²) in [5.41, 5.74) is 0. The maximum absolute atomic E-state index is 11.6. The molecule has 1 aromatic rings. The van der Waals surface area contributed by atoms with Crippen LogP contribution >= 0.6 is 11.3 Å². The predicted octanol–water partition coefficient (Wildman–Crippen LogP) is 3.13. The fourth-order valence-electron chi connectivity index (χ4n) is 1.11. The van der Waals surface area contributed by atoms with Gasteiger partial charge in [-0.05, 0) is 17.9 Å². The summed E-state index contributed by atoms with van der Waals surface area (Å²) in [4.78, 5) is 12.3. The number of hydrogen-bond acceptors (Lipinski definition) is 3. The minimum absolute atomic E-state index is 0.203. The van der Waals surface area contributed by atoms with E-state index in [1.54, 1.807) is 7.11 Å². The van der Waals surface area contributed by atoms with Gasteiger partial charge in [0.15, 0.2) is 5.78 Å². The number of thiophene rings is 1. The molecule has 0 saturated heterocycles. The van der Waals surface area contributed by atoms with Gasteiger partial charge in [0.2, 0.25) is 0 Å². The van der Waals surface area contributed by atoms with Gasteiger partial charge in [0.05, 0.1) is 7.11 Å². The maximum Gasteiger partial charge on any atom is 0.176 e. The Hall–Kier alpha value is -0.830. The van der Waals surface area contributed by atoms with Crippen molar-refractivity contribution in [3.05, 3.63) is 16.3 Å². The van der Waals surface area contributed by atoms with Crippen LogP contribution in [0.15, 0.2) is 11.4 Å². The molecule has 72 valence electrons. The van der Waals surface area contributed by atoms with Gasteiger partial charge in [0.1, 0.15) is 10.6 Å². The zero-order valence-corrected chi connectivity index (χ0v) is 8.82. The third-order valence-electron chi connectivity index (χ3n) is 1.86. The molecule has 1 aromatic heterocycles. The fourth-order valence-corrected chi connectivity index (χ4v) is 1.94. The van der Waals surface area contributed by atoms with Crippen molar-refractivity contribution >= 4 is 17.1 Å². The van der Waals surface area contributed by atoms with E-state index < -0.39 is 0 Å². The molecule has 0 aromatic carbocycles. The van der Waals surface area contributed by atoms with Gasteiger partial charge in [-0.15, -0.1) is 11.3 Å². The first-order chi connectivity index (χ1) is 6.29. The second-order valence-corrected chi connectivity index (χ2v) is 3.76. The Balaban J connectivity index is 2.65. The first-order valence-electron chi connectivity index (χ1n) is 4.44. The van der Waals surface area contributed by atoms with Crippen molar-refractivity contribution in [3.8, 4) is 5.75 Å². The highest BCUT2D eigenvalue weighted by Gasteiger charge is 2.12. The summed E-state index contributed by atoms with van der Waals surface area (Å²) in [6, 6.07) is 1.84. The summed E-state index contributed by atoms with van der Waals surface area (Å²) >= 11 is 1.46. The van der Waals surface area contributed by atoms with Crippen LogP contribution in [-0.2, 0) is 0 Å². The van der Waals surface area contributed by atoms with Crippen molar-refractivity contribution in [1.29, 1.82) is 0 Å². The molecular formula is C10H14O2S. The molecule has 0 amide bonds. The van der Waals surface area contributed by atoms with E-state index >= 15 is 0 Å². The van der Waals surface area contributed by atoms with E-state index in [1.165, 1.54) is 11.3 Å². The van der Waals surface area contributed by atoms with Crippen molar-refractivity contribution in [1.82, 2.24) is 0 Å². The molecule has 0 unspecified atom stereocenters. The predicted molar refractivity (Wildman–Crippen MR) is 54.7 cm³/mol. The van der Waals surface area contributed by atoms with Gasteiger partial charge in [0.25, 0.3) is 0 Å². The third kappa shape index (κ3) is 2.56. The summed E-state index contributed by atoms with van der Waals surface area (Å²) in [7, 11) is 1.60. The normalized spacial score (nSPS) is 10.0. The lowest BCUT2D eigenvalue weighted by molar-refractivity contribution is 0.0981. The highest BCUT2D eigenvalue weighted by molar-refractivity contribution is 7.12. The smallest absolute Gasteiger partial charge is 0.176 e. The van der Waals surface area contributed by atoms with Crippen LogP contribution in [-0.4, -0.2) is 12.9 Å². The molecule has 0 aliphatic carbocycles. The van der Waals surface area contributed by atoms with E-state index in [0.29, 0.717) is 12.2 Å². The fraction of sp³-hybridized carbons (Fsp3) is 0.500. The van der Waals surface area contributed by atoms with E-state index in [9.17, 15) is 4.79 Å². The molecule has 0 aliphatic heterocycles. The van der Waals surface area contributed by atoms with Crippen LogP contribution in [0.1, 0.15) is 35.9 Å². The molecular weight excluding hydrogens is 184 g/mol. The molecule has 1 rings (SSSR count). The van der Waals surface area contributed by atoms with Crippen molar-refractivity contribution in [2.45, 2.75) is 26.2 Å². The summed E-state index contributed by atoms with van der Waals surface area (Å²) in [6.07, 6.45) is 2.65. The molecule has 0 atom stereocenters. The number of Topliss-reactive ketones (excluding diaryl/α,β-unsaturated/α-hetero) is 1. The Morgan fingerprint density at radius 2 is 2.38 bits per heavy atom. The topological polar surface area (TPSA) is 26.3 Å². The highest BCUT2D eigenvalue weighted by Crippen LogP contribution is 2.26. The molecule has 0 radical (unpaired) electrons. The summed E-state index contributed by atoms with van der Waals surface area (Å²) in [5.74, 6) is 0.916. The Morgan fingerprint density at radius 3 is 3.00 bits per heavy atom. The largest absolute Gasteiger partial charge is 0.495 e. The number of unbranched alkanes of at least 4 members (excludes halogenated alkanes) is 1. The molecule has 0 bridgehead atoms. The number of rotatable bonds is 5. The van der Waals surface area contributed by atoms with Gasteiger partial charge in [-0.1, -0.05) is 13.3 Å². The van der Waals surface area contributed by atoms with E-state index in [-0.39, 0.29) is 5.78 Å². The van der Waals surface area contributed by atoms with Crippen LogP contribution in [0.2, 0.25) is 0 Å². The molecule has 0 N–H and O–H groups in total. The Labute approximate surface area is 82.5 Å². The quantitative estimate of drug-likeness (QED) is 0.679. The van der Waals surface area contributed by atoms with E-state index in [2.05, 4.69) is 6.92 Å². The third-order valence-corrected chi connectivity index (χ3v) is 2.80. The number of ketones is 1. The van der Waals surface area contributed by atoms with Crippen molar-refractivity contribution in [2.75, 3.05) is 7.11 Å². The van der Waals surface area contributed by atoms with E-state index in [1.807, 2.05) is 11.4 Å². The highest BCUT2D eigenvalue weighted by atomic mass is 32.1. The molecule has 0 fully saturated rings. The van der Waals surface area contributed by atoms with Gasteiger partial charge in [0, 0.05) is 6.42 Å². The lowest BCUT2D eigenvalue weighted by Gasteiger charge is -2.00.